The molecule has 4 heteroatoms. The summed E-state index contributed by atoms with van der Waals surface area (Å²) in [7, 11) is 2.99. The minimum absolute atomic E-state index is 0.158. The van der Waals surface area contributed by atoms with Gasteiger partial charge in [-0.1, -0.05) is 26.8 Å². The van der Waals surface area contributed by atoms with E-state index in [1.54, 1.807) is 39.0 Å². The summed E-state index contributed by atoms with van der Waals surface area (Å²) in [5, 5.41) is 10.2. The molecule has 104 valence electrons. The topological polar surface area (TPSA) is 55.8 Å². The van der Waals surface area contributed by atoms with Crippen LogP contribution >= 0.6 is 0 Å². The number of rotatable bonds is 4. The molecule has 0 saturated heterocycles. The summed E-state index contributed by atoms with van der Waals surface area (Å²) in [6.45, 7) is 5.37. The SMILES string of the molecule is COc1cccc(OC)c1/C(O)=C/C(=O)C(C)(C)C. The fourth-order valence-electron chi connectivity index (χ4n) is 1.52. The standard InChI is InChI=1S/C15H20O4/c1-15(2,3)13(17)9-10(16)14-11(18-4)7-6-8-12(14)19-5/h6-9,16H,1-5H3/b10-9-. The van der Waals surface area contributed by atoms with Gasteiger partial charge in [0.05, 0.1) is 14.2 Å². The van der Waals surface area contributed by atoms with Crippen LogP contribution < -0.4 is 9.47 Å². The molecule has 1 aromatic carbocycles. The monoisotopic (exact) mass is 264 g/mol. The Morgan fingerprint density at radius 3 is 2.00 bits per heavy atom. The van der Waals surface area contributed by atoms with Crippen molar-refractivity contribution in [3.8, 4) is 11.5 Å². The van der Waals surface area contributed by atoms with E-state index in [2.05, 4.69) is 0 Å². The summed E-state index contributed by atoms with van der Waals surface area (Å²) in [5.41, 5.74) is -0.173. The van der Waals surface area contributed by atoms with Gasteiger partial charge in [0.1, 0.15) is 22.8 Å². The summed E-state index contributed by atoms with van der Waals surface area (Å²) in [5.74, 6) is 0.580. The maximum absolute atomic E-state index is 11.9. The highest BCUT2D eigenvalue weighted by Crippen LogP contribution is 2.34. The van der Waals surface area contributed by atoms with Crippen LogP contribution in [0.1, 0.15) is 26.3 Å². The molecular formula is C15H20O4. The van der Waals surface area contributed by atoms with Crippen LogP contribution in [-0.2, 0) is 4.79 Å². The van der Waals surface area contributed by atoms with Crippen LogP contribution in [0, 0.1) is 5.41 Å². The molecule has 0 saturated carbocycles. The molecule has 0 aliphatic carbocycles. The highest BCUT2D eigenvalue weighted by molar-refractivity contribution is 5.99. The molecule has 19 heavy (non-hydrogen) atoms. The highest BCUT2D eigenvalue weighted by atomic mass is 16.5. The van der Waals surface area contributed by atoms with Crippen LogP contribution in [0.25, 0.3) is 5.76 Å². The Morgan fingerprint density at radius 2 is 1.63 bits per heavy atom. The predicted molar refractivity (Wildman–Crippen MR) is 74.6 cm³/mol. The van der Waals surface area contributed by atoms with Crippen molar-refractivity contribution >= 4 is 11.5 Å². The molecule has 0 heterocycles. The minimum Gasteiger partial charge on any atom is -0.507 e. The first-order valence-electron chi connectivity index (χ1n) is 5.97. The fourth-order valence-corrected chi connectivity index (χ4v) is 1.52. The fraction of sp³-hybridized carbons (Fsp3) is 0.400. The normalized spacial score (nSPS) is 12.2. The molecule has 0 fully saturated rings. The Labute approximate surface area is 113 Å². The van der Waals surface area contributed by atoms with Crippen LogP contribution in [0.3, 0.4) is 0 Å². The van der Waals surface area contributed by atoms with E-state index in [9.17, 15) is 9.90 Å². The van der Waals surface area contributed by atoms with Crippen LogP contribution in [0.4, 0.5) is 0 Å². The number of carbonyl (C=O) groups is 1. The zero-order valence-electron chi connectivity index (χ0n) is 12.0. The zero-order valence-corrected chi connectivity index (χ0v) is 12.0. The Kier molecular flexibility index (Phi) is 4.59. The lowest BCUT2D eigenvalue weighted by Crippen LogP contribution is -2.18. The number of ether oxygens (including phenoxy) is 2. The summed E-state index contributed by atoms with van der Waals surface area (Å²) in [6.07, 6.45) is 1.21. The second-order valence-corrected chi connectivity index (χ2v) is 5.18. The third kappa shape index (κ3) is 3.50. The summed E-state index contributed by atoms with van der Waals surface area (Å²) in [6, 6.07) is 5.15. The van der Waals surface area contributed by atoms with Crippen LogP contribution in [0.2, 0.25) is 0 Å². The lowest BCUT2D eigenvalue weighted by atomic mass is 9.90. The Hall–Kier alpha value is -1.97. The number of hydrogen-bond acceptors (Lipinski definition) is 4. The third-order valence-electron chi connectivity index (χ3n) is 2.69. The van der Waals surface area contributed by atoms with Gasteiger partial charge in [-0.05, 0) is 12.1 Å². The maximum atomic E-state index is 11.9. The van der Waals surface area contributed by atoms with E-state index in [1.165, 1.54) is 20.3 Å². The minimum atomic E-state index is -0.552. The predicted octanol–water partition coefficient (Wildman–Crippen LogP) is 3.22. The molecule has 0 aromatic heterocycles. The first-order valence-corrected chi connectivity index (χ1v) is 5.97. The molecular weight excluding hydrogens is 244 g/mol. The molecule has 1 aromatic rings. The van der Waals surface area contributed by atoms with Crippen LogP contribution in [-0.4, -0.2) is 25.1 Å². The van der Waals surface area contributed by atoms with Crippen molar-refractivity contribution < 1.29 is 19.4 Å². The molecule has 0 unspecified atom stereocenters. The van der Waals surface area contributed by atoms with Gasteiger partial charge in [0.2, 0.25) is 0 Å². The molecule has 1 rings (SSSR count). The van der Waals surface area contributed by atoms with Crippen molar-refractivity contribution in [2.75, 3.05) is 14.2 Å². The largest absolute Gasteiger partial charge is 0.507 e. The van der Waals surface area contributed by atoms with E-state index in [0.717, 1.165) is 0 Å². The van der Waals surface area contributed by atoms with Crippen molar-refractivity contribution in [3.63, 3.8) is 0 Å². The van der Waals surface area contributed by atoms with E-state index >= 15 is 0 Å². The van der Waals surface area contributed by atoms with Crippen LogP contribution in [0.15, 0.2) is 24.3 Å². The second-order valence-electron chi connectivity index (χ2n) is 5.18. The van der Waals surface area contributed by atoms with Crippen molar-refractivity contribution in [1.29, 1.82) is 0 Å². The summed E-state index contributed by atoms with van der Waals surface area (Å²) >= 11 is 0. The van der Waals surface area contributed by atoms with E-state index in [4.69, 9.17) is 9.47 Å². The van der Waals surface area contributed by atoms with Gasteiger partial charge in [0.25, 0.3) is 0 Å². The first-order chi connectivity index (χ1) is 8.81. The molecule has 0 atom stereocenters. The number of ketones is 1. The Balaban J connectivity index is 3.29. The smallest absolute Gasteiger partial charge is 0.164 e. The quantitative estimate of drug-likeness (QED) is 0.670. The molecule has 0 amide bonds. The Bertz CT molecular complexity index is 473. The van der Waals surface area contributed by atoms with Crippen molar-refractivity contribution in [2.24, 2.45) is 5.41 Å². The van der Waals surface area contributed by atoms with Crippen molar-refractivity contribution in [3.05, 3.63) is 29.8 Å². The van der Waals surface area contributed by atoms with Gasteiger partial charge in [0, 0.05) is 11.5 Å². The lowest BCUT2D eigenvalue weighted by Gasteiger charge is -2.15. The molecule has 4 nitrogen and oxygen atoms in total. The molecule has 0 bridgehead atoms. The van der Waals surface area contributed by atoms with Gasteiger partial charge in [0.15, 0.2) is 5.78 Å². The third-order valence-corrected chi connectivity index (χ3v) is 2.69. The van der Waals surface area contributed by atoms with Gasteiger partial charge in [-0.3, -0.25) is 4.79 Å². The average molecular weight is 264 g/mol. The van der Waals surface area contributed by atoms with Gasteiger partial charge in [-0.15, -0.1) is 0 Å². The highest BCUT2D eigenvalue weighted by Gasteiger charge is 2.22. The lowest BCUT2D eigenvalue weighted by molar-refractivity contribution is -0.121. The maximum Gasteiger partial charge on any atom is 0.164 e. The van der Waals surface area contributed by atoms with Gasteiger partial charge in [-0.25, -0.2) is 0 Å². The van der Waals surface area contributed by atoms with Crippen molar-refractivity contribution in [2.45, 2.75) is 20.8 Å². The number of hydrogen-bond donors (Lipinski definition) is 1. The number of aliphatic hydroxyl groups excluding tert-OH is 1. The number of methoxy groups -OCH3 is 2. The first kappa shape index (κ1) is 15.1. The van der Waals surface area contributed by atoms with Crippen molar-refractivity contribution in [1.82, 2.24) is 0 Å². The van der Waals surface area contributed by atoms with Crippen LogP contribution in [0.5, 0.6) is 11.5 Å². The molecule has 0 radical (unpaired) electrons. The van der Waals surface area contributed by atoms with E-state index in [-0.39, 0.29) is 11.5 Å². The second kappa shape index (κ2) is 5.78. The average Bonchev–Trinajstić information content (AvgIpc) is 2.36. The van der Waals surface area contributed by atoms with Gasteiger partial charge in [-0.2, -0.15) is 0 Å². The zero-order chi connectivity index (χ0) is 14.6. The molecule has 0 aliphatic heterocycles. The molecule has 0 spiro atoms. The summed E-state index contributed by atoms with van der Waals surface area (Å²) < 4.78 is 10.4. The number of aliphatic hydroxyl groups is 1. The van der Waals surface area contributed by atoms with E-state index in [0.29, 0.717) is 17.1 Å². The molecule has 1 N–H and O–H groups in total. The number of carbonyl (C=O) groups excluding carboxylic acids is 1. The van der Waals surface area contributed by atoms with Gasteiger partial charge >= 0.3 is 0 Å². The number of benzene rings is 1. The van der Waals surface area contributed by atoms with Gasteiger partial charge < -0.3 is 14.6 Å². The Morgan fingerprint density at radius 1 is 1.16 bits per heavy atom. The van der Waals surface area contributed by atoms with E-state index in [1.807, 2.05) is 0 Å². The molecule has 0 aliphatic rings. The van der Waals surface area contributed by atoms with E-state index < -0.39 is 5.41 Å². The summed E-state index contributed by atoms with van der Waals surface area (Å²) in [4.78, 5) is 11.9. The number of allylic oxidation sites excluding steroid dienone is 1.